The number of nitrogens with one attached hydrogen (secondary N) is 1. The fraction of sp³-hybridized carbons (Fsp3) is 0.647. The Morgan fingerprint density at radius 1 is 1.30 bits per heavy atom. The van der Waals surface area contributed by atoms with Gasteiger partial charge in [0.25, 0.3) is 0 Å². The van der Waals surface area contributed by atoms with Gasteiger partial charge in [-0.25, -0.2) is 8.93 Å². The molecule has 0 aliphatic rings. The van der Waals surface area contributed by atoms with Gasteiger partial charge in [-0.3, -0.25) is 0 Å². The van der Waals surface area contributed by atoms with Crippen LogP contribution < -0.4 is 4.72 Å². The Kier molecular flexibility index (Phi) is 7.30. The Bertz CT molecular complexity index is 574. The van der Waals surface area contributed by atoms with Gasteiger partial charge in [-0.1, -0.05) is 31.5 Å². The zero-order valence-corrected chi connectivity index (χ0v) is 17.8. The minimum absolute atomic E-state index is 0.00378. The van der Waals surface area contributed by atoms with Crippen molar-refractivity contribution in [3.8, 4) is 0 Å². The lowest BCUT2D eigenvalue weighted by Crippen LogP contribution is -2.53. The molecule has 1 aromatic rings. The predicted octanol–water partition coefficient (Wildman–Crippen LogP) is 4.63. The standard InChI is InChI=1S/C17H27BrClNO2S/c1-11(2)13(10-21)17(6,20-23(22)16(3,4)5)12-7-8-14(18)15(19)9-12/h7-9,11,13,20-21H,10H2,1-6H3/t13?,17-,23-/m0/s1. The number of hydrogen-bond acceptors (Lipinski definition) is 2. The van der Waals surface area contributed by atoms with Gasteiger partial charge >= 0.3 is 0 Å². The summed E-state index contributed by atoms with van der Waals surface area (Å²) in [6.07, 6.45) is 0. The van der Waals surface area contributed by atoms with Crippen molar-refractivity contribution in [3.05, 3.63) is 33.3 Å². The van der Waals surface area contributed by atoms with Crippen molar-refractivity contribution in [2.75, 3.05) is 6.61 Å². The van der Waals surface area contributed by atoms with Crippen LogP contribution in [0.1, 0.15) is 47.1 Å². The molecule has 6 heteroatoms. The van der Waals surface area contributed by atoms with E-state index in [0.717, 1.165) is 10.0 Å². The van der Waals surface area contributed by atoms with E-state index < -0.39 is 21.3 Å². The average molecular weight is 425 g/mol. The molecule has 1 aromatic carbocycles. The first kappa shape index (κ1) is 21.1. The summed E-state index contributed by atoms with van der Waals surface area (Å²) in [6.45, 7) is 11.9. The van der Waals surface area contributed by atoms with Crippen molar-refractivity contribution in [1.29, 1.82) is 0 Å². The molecule has 3 nitrogen and oxygen atoms in total. The molecule has 2 N–H and O–H groups in total. The molecule has 0 heterocycles. The average Bonchev–Trinajstić information content (AvgIpc) is 2.40. The maximum Gasteiger partial charge on any atom is 0.0978 e. The first-order valence-corrected chi connectivity index (χ1v) is 10.0. The molecular formula is C17H27BrClNO2S. The van der Waals surface area contributed by atoms with Crippen LogP contribution in [0.3, 0.4) is 0 Å². The van der Waals surface area contributed by atoms with E-state index >= 15 is 0 Å². The van der Waals surface area contributed by atoms with E-state index in [9.17, 15) is 9.32 Å². The Morgan fingerprint density at radius 2 is 1.87 bits per heavy atom. The summed E-state index contributed by atoms with van der Waals surface area (Å²) >= 11 is 9.66. The van der Waals surface area contributed by atoms with E-state index in [1.165, 1.54) is 0 Å². The van der Waals surface area contributed by atoms with Crippen molar-refractivity contribution >= 4 is 38.5 Å². The lowest BCUT2D eigenvalue weighted by molar-refractivity contribution is 0.111. The fourth-order valence-corrected chi connectivity index (χ4v) is 3.96. The number of hydrogen-bond donors (Lipinski definition) is 2. The van der Waals surface area contributed by atoms with Gasteiger partial charge in [-0.2, -0.15) is 0 Å². The van der Waals surface area contributed by atoms with Crippen LogP contribution in [0, 0.1) is 11.8 Å². The maximum atomic E-state index is 12.7. The number of halogens is 2. The molecule has 0 saturated carbocycles. The molecule has 0 saturated heterocycles. The molecule has 1 rings (SSSR count). The largest absolute Gasteiger partial charge is 0.396 e. The third-order valence-corrected chi connectivity index (χ3v) is 7.08. The highest BCUT2D eigenvalue weighted by Gasteiger charge is 2.40. The number of aliphatic hydroxyl groups is 1. The Hall–Kier alpha value is 0.0600. The number of aliphatic hydroxyl groups excluding tert-OH is 1. The zero-order valence-electron chi connectivity index (χ0n) is 14.6. The lowest BCUT2D eigenvalue weighted by Gasteiger charge is -2.41. The van der Waals surface area contributed by atoms with Crippen LogP contribution in [0.5, 0.6) is 0 Å². The van der Waals surface area contributed by atoms with E-state index in [4.69, 9.17) is 11.6 Å². The smallest absolute Gasteiger partial charge is 0.0978 e. The molecule has 3 atom stereocenters. The molecule has 0 aliphatic heterocycles. The van der Waals surface area contributed by atoms with Crippen LogP contribution in [0.4, 0.5) is 0 Å². The summed E-state index contributed by atoms with van der Waals surface area (Å²) in [6, 6.07) is 5.70. The lowest BCUT2D eigenvalue weighted by atomic mass is 9.75. The van der Waals surface area contributed by atoms with Crippen molar-refractivity contribution in [3.63, 3.8) is 0 Å². The van der Waals surface area contributed by atoms with Gasteiger partial charge in [0.05, 0.1) is 26.3 Å². The zero-order chi connectivity index (χ0) is 18.0. The maximum absolute atomic E-state index is 12.7. The third kappa shape index (κ3) is 5.02. The van der Waals surface area contributed by atoms with Crippen molar-refractivity contribution < 1.29 is 9.32 Å². The van der Waals surface area contributed by atoms with Crippen LogP contribution in [0.2, 0.25) is 5.02 Å². The molecule has 0 aromatic heterocycles. The SMILES string of the molecule is CC(C)C(CO)[C@@](C)(N[S@@](=O)C(C)(C)C)c1ccc(Br)c(Cl)c1. The molecule has 132 valence electrons. The van der Waals surface area contributed by atoms with E-state index in [0.29, 0.717) is 5.02 Å². The third-order valence-electron chi connectivity index (χ3n) is 4.12. The normalized spacial score (nSPS) is 17.8. The second-order valence-corrected chi connectivity index (χ2v) is 10.6. The Labute approximate surface area is 155 Å². The van der Waals surface area contributed by atoms with Crippen LogP contribution >= 0.6 is 27.5 Å². The number of benzene rings is 1. The van der Waals surface area contributed by atoms with Crippen LogP contribution in [-0.2, 0) is 16.5 Å². The quantitative estimate of drug-likeness (QED) is 0.699. The Balaban J connectivity index is 3.41. The first-order chi connectivity index (χ1) is 10.4. The summed E-state index contributed by atoms with van der Waals surface area (Å²) in [5, 5.41) is 10.5. The fourth-order valence-electron chi connectivity index (χ4n) is 2.57. The van der Waals surface area contributed by atoms with E-state index in [2.05, 4.69) is 34.5 Å². The highest BCUT2D eigenvalue weighted by Crippen LogP contribution is 2.38. The molecule has 0 amide bonds. The van der Waals surface area contributed by atoms with Crippen LogP contribution in [-0.4, -0.2) is 20.7 Å². The summed E-state index contributed by atoms with van der Waals surface area (Å²) in [7, 11) is -1.27. The first-order valence-electron chi connectivity index (χ1n) is 7.69. The van der Waals surface area contributed by atoms with E-state index in [1.807, 2.05) is 45.9 Å². The van der Waals surface area contributed by atoms with Gasteiger partial charge in [0, 0.05) is 17.0 Å². The minimum atomic E-state index is -1.27. The molecule has 0 bridgehead atoms. The van der Waals surface area contributed by atoms with Crippen molar-refractivity contribution in [2.24, 2.45) is 11.8 Å². The molecule has 23 heavy (non-hydrogen) atoms. The molecular weight excluding hydrogens is 398 g/mol. The van der Waals surface area contributed by atoms with Gasteiger partial charge in [0.2, 0.25) is 0 Å². The van der Waals surface area contributed by atoms with Gasteiger partial charge in [0.1, 0.15) is 0 Å². The van der Waals surface area contributed by atoms with Gasteiger partial charge in [0.15, 0.2) is 0 Å². The Morgan fingerprint density at radius 3 is 2.26 bits per heavy atom. The number of rotatable bonds is 6. The molecule has 0 radical (unpaired) electrons. The highest BCUT2D eigenvalue weighted by molar-refractivity contribution is 9.10. The highest BCUT2D eigenvalue weighted by atomic mass is 79.9. The second kappa shape index (κ2) is 7.96. The van der Waals surface area contributed by atoms with E-state index in [-0.39, 0.29) is 18.4 Å². The van der Waals surface area contributed by atoms with Crippen LogP contribution in [0.15, 0.2) is 22.7 Å². The van der Waals surface area contributed by atoms with Crippen molar-refractivity contribution in [2.45, 2.75) is 51.8 Å². The minimum Gasteiger partial charge on any atom is -0.396 e. The summed E-state index contributed by atoms with van der Waals surface area (Å²) in [4.78, 5) is 0. The van der Waals surface area contributed by atoms with E-state index in [1.54, 1.807) is 0 Å². The summed E-state index contributed by atoms with van der Waals surface area (Å²) in [5.41, 5.74) is 0.252. The monoisotopic (exact) mass is 423 g/mol. The summed E-state index contributed by atoms with van der Waals surface area (Å²) < 4.78 is 16.4. The van der Waals surface area contributed by atoms with Crippen LogP contribution in [0.25, 0.3) is 0 Å². The molecule has 0 aliphatic carbocycles. The van der Waals surface area contributed by atoms with Crippen molar-refractivity contribution in [1.82, 2.24) is 4.72 Å². The second-order valence-electron chi connectivity index (χ2n) is 7.35. The molecule has 1 unspecified atom stereocenters. The van der Waals surface area contributed by atoms with Gasteiger partial charge in [-0.15, -0.1) is 0 Å². The predicted molar refractivity (Wildman–Crippen MR) is 103 cm³/mol. The molecule has 0 spiro atoms. The van der Waals surface area contributed by atoms with Gasteiger partial charge < -0.3 is 5.11 Å². The van der Waals surface area contributed by atoms with Gasteiger partial charge in [-0.05, 0) is 67.2 Å². The molecule has 0 fully saturated rings. The topological polar surface area (TPSA) is 49.3 Å². The summed E-state index contributed by atoms with van der Waals surface area (Å²) in [5.74, 6) is 0.0999.